The third-order valence-electron chi connectivity index (χ3n) is 7.91. The average molecular weight is 541 g/mol. The number of pyridine rings is 2. The summed E-state index contributed by atoms with van der Waals surface area (Å²) in [6.07, 6.45) is 1.40. The number of rotatable bonds is 4. The number of hydrogen-bond acceptors (Lipinski definition) is 6. The molecule has 2 aromatic heterocycles. The second-order valence-electron chi connectivity index (χ2n) is 10.6. The highest BCUT2D eigenvalue weighted by molar-refractivity contribution is 6.07. The van der Waals surface area contributed by atoms with Crippen LogP contribution in [0.1, 0.15) is 50.4 Å². The van der Waals surface area contributed by atoms with Gasteiger partial charge in [0.05, 0.1) is 34.2 Å². The fraction of sp³-hybridized carbons (Fsp3) is 0.212. The Bertz CT molecular complexity index is 1760. The number of carbonyl (C=O) groups excluding carboxylic acids is 2. The molecule has 1 atom stereocenters. The quantitative estimate of drug-likeness (QED) is 0.371. The normalized spacial score (nSPS) is 17.5. The number of benzene rings is 2. The number of aliphatic imine (C=N–C) groups is 2. The molecule has 0 saturated carbocycles. The third-order valence-corrected chi connectivity index (χ3v) is 7.91. The summed E-state index contributed by atoms with van der Waals surface area (Å²) >= 11 is 0. The Morgan fingerprint density at radius 3 is 1.73 bits per heavy atom. The molecule has 0 spiro atoms. The second-order valence-corrected chi connectivity index (χ2v) is 10.6. The lowest BCUT2D eigenvalue weighted by Crippen LogP contribution is -2.55. The van der Waals surface area contributed by atoms with Crippen molar-refractivity contribution in [2.75, 3.05) is 19.6 Å². The zero-order valence-electron chi connectivity index (χ0n) is 22.7. The van der Waals surface area contributed by atoms with E-state index >= 15 is 0 Å². The lowest BCUT2D eigenvalue weighted by atomic mass is 10.1. The van der Waals surface area contributed by atoms with Gasteiger partial charge in [-0.05, 0) is 54.4 Å². The molecule has 5 heterocycles. The van der Waals surface area contributed by atoms with Crippen LogP contribution in [0, 0.1) is 0 Å². The predicted octanol–water partition coefficient (Wildman–Crippen LogP) is 4.82. The molecular weight excluding hydrogens is 512 g/mol. The van der Waals surface area contributed by atoms with E-state index in [1.807, 2.05) is 67.6 Å². The van der Waals surface area contributed by atoms with Crippen LogP contribution in [0.2, 0.25) is 0 Å². The van der Waals surface area contributed by atoms with Crippen molar-refractivity contribution in [1.82, 2.24) is 19.8 Å². The molecule has 202 valence electrons. The highest BCUT2D eigenvalue weighted by Gasteiger charge is 2.32. The molecule has 0 bridgehead atoms. The van der Waals surface area contributed by atoms with Crippen molar-refractivity contribution in [1.29, 1.82) is 0 Å². The Labute approximate surface area is 238 Å². The van der Waals surface area contributed by atoms with Crippen LogP contribution < -0.4 is 0 Å². The van der Waals surface area contributed by atoms with Gasteiger partial charge in [-0.25, -0.2) is 9.97 Å². The van der Waals surface area contributed by atoms with E-state index < -0.39 is 0 Å². The third kappa shape index (κ3) is 4.71. The van der Waals surface area contributed by atoms with Crippen molar-refractivity contribution >= 4 is 34.6 Å². The molecule has 0 N–H and O–H groups in total. The van der Waals surface area contributed by atoms with Gasteiger partial charge in [0.1, 0.15) is 11.4 Å². The fourth-order valence-electron chi connectivity index (χ4n) is 5.75. The van der Waals surface area contributed by atoms with Crippen molar-refractivity contribution in [3.8, 4) is 0 Å². The molecule has 1 fully saturated rings. The first kappa shape index (κ1) is 25.0. The minimum atomic E-state index is -0.171. The smallest absolute Gasteiger partial charge is 0.272 e. The number of hydrogen-bond donors (Lipinski definition) is 0. The molecule has 8 heteroatoms. The summed E-state index contributed by atoms with van der Waals surface area (Å²) in [5.74, 6) is -0.276. The summed E-state index contributed by atoms with van der Waals surface area (Å²) in [5.41, 5.74) is 8.19. The molecule has 8 nitrogen and oxygen atoms in total. The number of nitrogens with zero attached hydrogens (tertiary/aromatic N) is 6. The first-order chi connectivity index (χ1) is 20.0. The zero-order valence-corrected chi connectivity index (χ0v) is 22.7. The van der Waals surface area contributed by atoms with Crippen LogP contribution in [0.4, 0.5) is 11.4 Å². The van der Waals surface area contributed by atoms with Crippen molar-refractivity contribution < 1.29 is 9.59 Å². The molecule has 0 aliphatic carbocycles. The molecule has 3 aliphatic heterocycles. The summed E-state index contributed by atoms with van der Waals surface area (Å²) in [4.78, 5) is 49.4. The molecule has 0 radical (unpaired) electrons. The van der Waals surface area contributed by atoms with E-state index in [0.717, 1.165) is 45.3 Å². The largest absolute Gasteiger partial charge is 0.333 e. The summed E-state index contributed by atoms with van der Waals surface area (Å²) in [6.45, 7) is 3.23. The Morgan fingerprint density at radius 2 is 1.20 bits per heavy atom. The van der Waals surface area contributed by atoms with E-state index in [0.29, 0.717) is 43.9 Å². The van der Waals surface area contributed by atoms with Crippen LogP contribution in [0.15, 0.2) is 94.9 Å². The topological polar surface area (TPSA) is 91.1 Å². The molecule has 4 aromatic rings. The van der Waals surface area contributed by atoms with Gasteiger partial charge in [0, 0.05) is 38.5 Å². The Balaban J connectivity index is 1.03. The molecule has 0 unspecified atom stereocenters. The van der Waals surface area contributed by atoms with Crippen molar-refractivity contribution in [2.24, 2.45) is 9.98 Å². The summed E-state index contributed by atoms with van der Waals surface area (Å²) in [5, 5.41) is 0. The van der Waals surface area contributed by atoms with Gasteiger partial charge in [0.15, 0.2) is 0 Å². The number of carbonyl (C=O) groups is 2. The standard InChI is InChI=1S/C33H28N6O2/c1-21-20-38(32(40)28-14-6-12-26(36-28)30-18-22-8-2-4-10-24(22)34-30)16-17-39(21)33(41)29-15-7-13-27(37-29)31-19-23-9-3-5-11-25(23)35-31/h2-15,21H,16-20H2,1H3/t21-/m1/s1. The maximum atomic E-state index is 13.5. The van der Waals surface area contributed by atoms with Crippen LogP contribution in [-0.2, 0) is 12.8 Å². The van der Waals surface area contributed by atoms with Gasteiger partial charge < -0.3 is 9.80 Å². The van der Waals surface area contributed by atoms with Gasteiger partial charge in [-0.3, -0.25) is 19.6 Å². The molecule has 1 saturated heterocycles. The number of para-hydroxylation sites is 2. The van der Waals surface area contributed by atoms with E-state index in [2.05, 4.69) is 22.1 Å². The van der Waals surface area contributed by atoms with E-state index in [1.165, 1.54) is 0 Å². The molecule has 2 aromatic carbocycles. The van der Waals surface area contributed by atoms with Crippen molar-refractivity contribution in [2.45, 2.75) is 25.8 Å². The van der Waals surface area contributed by atoms with Crippen LogP contribution in [0.5, 0.6) is 0 Å². The summed E-state index contributed by atoms with van der Waals surface area (Å²) < 4.78 is 0. The molecular formula is C33H28N6O2. The number of amides is 2. The molecule has 3 aliphatic rings. The fourth-order valence-corrected chi connectivity index (χ4v) is 5.75. The second kappa shape index (κ2) is 10.2. The maximum Gasteiger partial charge on any atom is 0.272 e. The van der Waals surface area contributed by atoms with Gasteiger partial charge >= 0.3 is 0 Å². The van der Waals surface area contributed by atoms with Gasteiger partial charge in [0.25, 0.3) is 11.8 Å². The average Bonchev–Trinajstić information content (AvgIpc) is 3.65. The minimum absolute atomic E-state index is 0.138. The van der Waals surface area contributed by atoms with Crippen LogP contribution in [-0.4, -0.2) is 68.7 Å². The van der Waals surface area contributed by atoms with Crippen LogP contribution >= 0.6 is 0 Å². The van der Waals surface area contributed by atoms with Crippen LogP contribution in [0.3, 0.4) is 0 Å². The SMILES string of the molecule is C[C@@H]1CN(C(=O)c2cccc(C3=Nc4ccccc4C3)n2)CCN1C(=O)c1cccc(C2=Nc3ccccc3C2)n1. The zero-order chi connectivity index (χ0) is 27.9. The number of aromatic nitrogens is 2. The number of fused-ring (bicyclic) bond motifs is 2. The highest BCUT2D eigenvalue weighted by Crippen LogP contribution is 2.29. The minimum Gasteiger partial charge on any atom is -0.333 e. The molecule has 41 heavy (non-hydrogen) atoms. The monoisotopic (exact) mass is 540 g/mol. The van der Waals surface area contributed by atoms with Gasteiger partial charge in [-0.15, -0.1) is 0 Å². The molecule has 2 amide bonds. The predicted molar refractivity (Wildman–Crippen MR) is 158 cm³/mol. The summed E-state index contributed by atoms with van der Waals surface area (Å²) in [6, 6.07) is 26.9. The maximum absolute atomic E-state index is 13.5. The number of piperazine rings is 1. The Hall–Kier alpha value is -4.98. The lowest BCUT2D eigenvalue weighted by molar-refractivity contribution is 0.0408. The highest BCUT2D eigenvalue weighted by atomic mass is 16.2. The first-order valence-electron chi connectivity index (χ1n) is 13.9. The molecule has 7 rings (SSSR count). The van der Waals surface area contributed by atoms with E-state index in [1.54, 1.807) is 21.9 Å². The van der Waals surface area contributed by atoms with Crippen molar-refractivity contribution in [3.63, 3.8) is 0 Å². The van der Waals surface area contributed by atoms with Gasteiger partial charge in [0.2, 0.25) is 0 Å². The van der Waals surface area contributed by atoms with Crippen molar-refractivity contribution in [3.05, 3.63) is 119 Å². The van der Waals surface area contributed by atoms with E-state index in [4.69, 9.17) is 9.98 Å². The lowest BCUT2D eigenvalue weighted by Gasteiger charge is -2.39. The van der Waals surface area contributed by atoms with Gasteiger partial charge in [-0.2, -0.15) is 0 Å². The van der Waals surface area contributed by atoms with E-state index in [9.17, 15) is 9.59 Å². The first-order valence-corrected chi connectivity index (χ1v) is 13.9. The van der Waals surface area contributed by atoms with Gasteiger partial charge in [-0.1, -0.05) is 48.5 Å². The Morgan fingerprint density at radius 1 is 0.659 bits per heavy atom. The Kier molecular flexibility index (Phi) is 6.23. The summed E-state index contributed by atoms with van der Waals surface area (Å²) in [7, 11) is 0. The van der Waals surface area contributed by atoms with Crippen LogP contribution in [0.25, 0.3) is 0 Å². The van der Waals surface area contributed by atoms with E-state index in [-0.39, 0.29) is 17.9 Å².